The second-order valence-electron chi connectivity index (χ2n) is 3.74. The van der Waals surface area contributed by atoms with Gasteiger partial charge in [0.15, 0.2) is 6.33 Å². The number of amides is 1. The lowest BCUT2D eigenvalue weighted by atomic mass is 10.1. The number of nitrogens with one attached hydrogen (secondary N) is 1. The van der Waals surface area contributed by atoms with Crippen LogP contribution in [0, 0.1) is 0 Å². The summed E-state index contributed by atoms with van der Waals surface area (Å²) in [5.41, 5.74) is 0.604. The molecule has 0 fully saturated rings. The average molecular weight is 247 g/mol. The summed E-state index contributed by atoms with van der Waals surface area (Å²) in [4.78, 5) is 15.4. The largest absolute Gasteiger partial charge is 0.508 e. The highest BCUT2D eigenvalue weighted by Gasteiger charge is 2.07. The van der Waals surface area contributed by atoms with Crippen LogP contribution in [0.15, 0.2) is 35.1 Å². The van der Waals surface area contributed by atoms with Gasteiger partial charge in [0.05, 0.1) is 6.42 Å². The minimum atomic E-state index is -0.156. The molecule has 1 aromatic carbocycles. The van der Waals surface area contributed by atoms with Crippen molar-refractivity contribution in [3.63, 3.8) is 0 Å². The van der Waals surface area contributed by atoms with Gasteiger partial charge in [0.25, 0.3) is 0 Å². The number of para-hydroxylation sites is 1. The highest BCUT2D eigenvalue weighted by atomic mass is 16.5. The molecule has 94 valence electrons. The maximum absolute atomic E-state index is 11.6. The Hall–Kier alpha value is -2.37. The first kappa shape index (κ1) is 12.1. The first-order valence-corrected chi connectivity index (χ1v) is 5.55. The van der Waals surface area contributed by atoms with Crippen LogP contribution in [-0.2, 0) is 17.6 Å². The lowest BCUT2D eigenvalue weighted by Gasteiger charge is -2.05. The zero-order valence-electron chi connectivity index (χ0n) is 9.67. The van der Waals surface area contributed by atoms with Crippen molar-refractivity contribution in [3.05, 3.63) is 42.0 Å². The molecule has 0 unspecified atom stereocenters. The lowest BCUT2D eigenvalue weighted by Crippen LogP contribution is -2.27. The van der Waals surface area contributed by atoms with Gasteiger partial charge in [0.2, 0.25) is 11.8 Å². The predicted octanol–water partition coefficient (Wildman–Crippen LogP) is 0.677. The molecule has 1 heterocycles. The molecule has 0 bridgehead atoms. The van der Waals surface area contributed by atoms with Gasteiger partial charge >= 0.3 is 0 Å². The van der Waals surface area contributed by atoms with Crippen LogP contribution in [0.1, 0.15) is 11.5 Å². The van der Waals surface area contributed by atoms with Crippen LogP contribution < -0.4 is 5.32 Å². The van der Waals surface area contributed by atoms with E-state index in [0.29, 0.717) is 24.4 Å². The highest BCUT2D eigenvalue weighted by molar-refractivity contribution is 5.79. The molecule has 0 aliphatic carbocycles. The van der Waals surface area contributed by atoms with Crippen molar-refractivity contribution < 1.29 is 14.4 Å². The molecule has 18 heavy (non-hydrogen) atoms. The zero-order chi connectivity index (χ0) is 12.8. The van der Waals surface area contributed by atoms with Crippen molar-refractivity contribution in [1.29, 1.82) is 0 Å². The minimum Gasteiger partial charge on any atom is -0.508 e. The Balaban J connectivity index is 1.77. The van der Waals surface area contributed by atoms with Crippen LogP contribution in [0.5, 0.6) is 5.75 Å². The first-order valence-electron chi connectivity index (χ1n) is 5.55. The van der Waals surface area contributed by atoms with Crippen molar-refractivity contribution in [2.45, 2.75) is 12.8 Å². The third-order valence-electron chi connectivity index (χ3n) is 2.41. The molecule has 2 aromatic rings. The van der Waals surface area contributed by atoms with Gasteiger partial charge in [-0.3, -0.25) is 4.79 Å². The van der Waals surface area contributed by atoms with E-state index in [9.17, 15) is 9.90 Å². The van der Waals surface area contributed by atoms with Gasteiger partial charge in [0.1, 0.15) is 5.75 Å². The molecule has 6 nitrogen and oxygen atoms in total. The Labute approximate surface area is 104 Å². The number of carbonyl (C=O) groups is 1. The van der Waals surface area contributed by atoms with E-state index in [1.54, 1.807) is 24.3 Å². The lowest BCUT2D eigenvalue weighted by molar-refractivity contribution is -0.120. The van der Waals surface area contributed by atoms with E-state index in [4.69, 9.17) is 4.52 Å². The van der Waals surface area contributed by atoms with E-state index >= 15 is 0 Å². The molecular weight excluding hydrogens is 234 g/mol. The number of phenols is 1. The number of phenolic OH excluding ortho intramolecular Hbond substituents is 1. The van der Waals surface area contributed by atoms with Crippen molar-refractivity contribution in [2.24, 2.45) is 0 Å². The van der Waals surface area contributed by atoms with E-state index in [-0.39, 0.29) is 18.1 Å². The van der Waals surface area contributed by atoms with Crippen molar-refractivity contribution in [3.8, 4) is 5.75 Å². The number of nitrogens with zero attached hydrogens (tertiary/aromatic N) is 2. The standard InChI is InChI=1S/C12H13N3O3/c16-10-4-2-1-3-9(10)7-11(17)13-6-5-12-14-8-15-18-12/h1-4,8,16H,5-7H2,(H,13,17). The molecule has 0 spiro atoms. The first-order chi connectivity index (χ1) is 8.75. The zero-order valence-corrected chi connectivity index (χ0v) is 9.67. The van der Waals surface area contributed by atoms with Crippen LogP contribution in [0.4, 0.5) is 0 Å². The van der Waals surface area contributed by atoms with Crippen LogP contribution >= 0.6 is 0 Å². The Morgan fingerprint density at radius 1 is 1.39 bits per heavy atom. The summed E-state index contributed by atoms with van der Waals surface area (Å²) < 4.78 is 4.80. The number of carbonyl (C=O) groups excluding carboxylic acids is 1. The maximum atomic E-state index is 11.6. The van der Waals surface area contributed by atoms with Crippen LogP contribution in [0.2, 0.25) is 0 Å². The average Bonchev–Trinajstić information content (AvgIpc) is 2.85. The number of hydrogen-bond acceptors (Lipinski definition) is 5. The molecule has 2 rings (SSSR count). The third kappa shape index (κ3) is 3.31. The minimum absolute atomic E-state index is 0.129. The van der Waals surface area contributed by atoms with Gasteiger partial charge in [-0.05, 0) is 6.07 Å². The van der Waals surface area contributed by atoms with Crippen LogP contribution in [0.3, 0.4) is 0 Å². The second-order valence-corrected chi connectivity index (χ2v) is 3.74. The summed E-state index contributed by atoms with van der Waals surface area (Å²) in [5, 5.41) is 15.7. The molecular formula is C12H13N3O3. The Morgan fingerprint density at radius 3 is 2.94 bits per heavy atom. The summed E-state index contributed by atoms with van der Waals surface area (Å²) in [6.07, 6.45) is 1.96. The number of aromatic hydroxyl groups is 1. The van der Waals surface area contributed by atoms with Crippen LogP contribution in [0.25, 0.3) is 0 Å². The number of benzene rings is 1. The van der Waals surface area contributed by atoms with E-state index < -0.39 is 0 Å². The normalized spacial score (nSPS) is 10.2. The van der Waals surface area contributed by atoms with Crippen molar-refractivity contribution in [1.82, 2.24) is 15.5 Å². The predicted molar refractivity (Wildman–Crippen MR) is 62.8 cm³/mol. The molecule has 0 atom stereocenters. The van der Waals surface area contributed by atoms with Gasteiger partial charge in [-0.2, -0.15) is 4.98 Å². The number of aromatic nitrogens is 2. The number of rotatable bonds is 5. The Morgan fingerprint density at radius 2 is 2.22 bits per heavy atom. The fourth-order valence-corrected chi connectivity index (χ4v) is 1.51. The quantitative estimate of drug-likeness (QED) is 0.811. The van der Waals surface area contributed by atoms with Crippen LogP contribution in [-0.4, -0.2) is 27.7 Å². The van der Waals surface area contributed by atoms with E-state index in [2.05, 4.69) is 15.5 Å². The molecule has 0 saturated carbocycles. The monoisotopic (exact) mass is 247 g/mol. The van der Waals surface area contributed by atoms with E-state index in [1.165, 1.54) is 6.33 Å². The summed E-state index contributed by atoms with van der Waals surface area (Å²) in [5.74, 6) is 0.457. The molecule has 1 aromatic heterocycles. The molecule has 0 aliphatic rings. The molecule has 0 aliphatic heterocycles. The SMILES string of the molecule is O=C(Cc1ccccc1O)NCCc1ncno1. The van der Waals surface area contributed by atoms with Gasteiger partial charge in [0, 0.05) is 18.5 Å². The fourth-order valence-electron chi connectivity index (χ4n) is 1.51. The molecule has 1 amide bonds. The smallest absolute Gasteiger partial charge is 0.228 e. The summed E-state index contributed by atoms with van der Waals surface area (Å²) in [7, 11) is 0. The molecule has 6 heteroatoms. The molecule has 0 saturated heterocycles. The Kier molecular flexibility index (Phi) is 3.90. The third-order valence-corrected chi connectivity index (χ3v) is 2.41. The van der Waals surface area contributed by atoms with Gasteiger partial charge in [-0.1, -0.05) is 23.4 Å². The summed E-state index contributed by atoms with van der Waals surface area (Å²) >= 11 is 0. The van der Waals surface area contributed by atoms with Gasteiger partial charge in [-0.15, -0.1) is 0 Å². The van der Waals surface area contributed by atoms with Gasteiger partial charge < -0.3 is 14.9 Å². The maximum Gasteiger partial charge on any atom is 0.228 e. The van der Waals surface area contributed by atoms with Crippen molar-refractivity contribution >= 4 is 5.91 Å². The molecule has 2 N–H and O–H groups in total. The molecule has 0 radical (unpaired) electrons. The topological polar surface area (TPSA) is 88.2 Å². The number of hydrogen-bond donors (Lipinski definition) is 2. The van der Waals surface area contributed by atoms with Gasteiger partial charge in [-0.25, -0.2) is 0 Å². The van der Waals surface area contributed by atoms with E-state index in [0.717, 1.165) is 0 Å². The summed E-state index contributed by atoms with van der Waals surface area (Å²) in [6.45, 7) is 0.425. The van der Waals surface area contributed by atoms with Crippen molar-refractivity contribution in [2.75, 3.05) is 6.54 Å². The second kappa shape index (κ2) is 5.81. The highest BCUT2D eigenvalue weighted by Crippen LogP contribution is 2.15. The summed E-state index contributed by atoms with van der Waals surface area (Å²) in [6, 6.07) is 6.76. The Bertz CT molecular complexity index is 511. The van der Waals surface area contributed by atoms with E-state index in [1.807, 2.05) is 0 Å². The fraction of sp³-hybridized carbons (Fsp3) is 0.250.